The van der Waals surface area contributed by atoms with Crippen LogP contribution in [0.3, 0.4) is 0 Å². The van der Waals surface area contributed by atoms with Gasteiger partial charge in [0.25, 0.3) is 5.69 Å². The molecule has 0 bridgehead atoms. The SMILES string of the molecule is NC(=O)Cc1c(OCc2ccccc2)cc(Br)cc1[N+](=O)[O-]. The smallest absolute Gasteiger partial charge is 0.277 e. The number of ether oxygens (including phenoxy) is 1. The number of hydrogen-bond donors (Lipinski definition) is 1. The third-order valence-electron chi connectivity index (χ3n) is 2.94. The van der Waals surface area contributed by atoms with Crippen LogP contribution in [0.1, 0.15) is 11.1 Å². The Hall–Kier alpha value is -2.41. The van der Waals surface area contributed by atoms with Crippen molar-refractivity contribution in [1.82, 2.24) is 0 Å². The molecule has 0 saturated carbocycles. The van der Waals surface area contributed by atoms with Gasteiger partial charge in [0.2, 0.25) is 5.91 Å². The molecule has 2 aromatic rings. The van der Waals surface area contributed by atoms with Crippen LogP contribution < -0.4 is 10.5 Å². The number of nitro groups is 1. The average molecular weight is 365 g/mol. The van der Waals surface area contributed by atoms with Crippen molar-refractivity contribution in [2.45, 2.75) is 13.0 Å². The van der Waals surface area contributed by atoms with Crippen molar-refractivity contribution in [1.29, 1.82) is 0 Å². The summed E-state index contributed by atoms with van der Waals surface area (Å²) in [5, 5.41) is 11.2. The van der Waals surface area contributed by atoms with E-state index in [0.29, 0.717) is 4.47 Å². The average Bonchev–Trinajstić information content (AvgIpc) is 2.47. The van der Waals surface area contributed by atoms with Crippen molar-refractivity contribution in [2.75, 3.05) is 0 Å². The Balaban J connectivity index is 2.35. The number of hydrogen-bond acceptors (Lipinski definition) is 4. The Labute approximate surface area is 135 Å². The molecule has 2 aromatic carbocycles. The zero-order valence-electron chi connectivity index (χ0n) is 11.5. The summed E-state index contributed by atoms with van der Waals surface area (Å²) in [4.78, 5) is 21.8. The number of amides is 1. The predicted octanol–water partition coefficient (Wildman–Crippen LogP) is 2.96. The van der Waals surface area contributed by atoms with Gasteiger partial charge in [-0.25, -0.2) is 0 Å². The third-order valence-corrected chi connectivity index (χ3v) is 3.39. The van der Waals surface area contributed by atoms with Crippen LogP contribution in [0.2, 0.25) is 0 Å². The highest BCUT2D eigenvalue weighted by atomic mass is 79.9. The Morgan fingerprint density at radius 3 is 2.55 bits per heavy atom. The molecule has 0 saturated heterocycles. The molecule has 0 aliphatic heterocycles. The molecule has 0 aliphatic rings. The quantitative estimate of drug-likeness (QED) is 0.629. The number of primary amides is 1. The minimum atomic E-state index is -0.657. The molecule has 114 valence electrons. The molecule has 0 unspecified atom stereocenters. The molecule has 22 heavy (non-hydrogen) atoms. The second kappa shape index (κ2) is 7.04. The van der Waals surface area contributed by atoms with Gasteiger partial charge in [-0.2, -0.15) is 0 Å². The molecular weight excluding hydrogens is 352 g/mol. The minimum absolute atomic E-state index is 0.177. The fourth-order valence-corrected chi connectivity index (χ4v) is 2.40. The molecule has 7 heteroatoms. The predicted molar refractivity (Wildman–Crippen MR) is 84.5 cm³/mol. The summed E-state index contributed by atoms with van der Waals surface area (Å²) in [7, 11) is 0. The highest BCUT2D eigenvalue weighted by Gasteiger charge is 2.22. The lowest BCUT2D eigenvalue weighted by molar-refractivity contribution is -0.385. The van der Waals surface area contributed by atoms with Gasteiger partial charge in [-0.05, 0) is 11.6 Å². The molecular formula is C15H13BrN2O4. The van der Waals surface area contributed by atoms with E-state index in [-0.39, 0.29) is 30.0 Å². The van der Waals surface area contributed by atoms with Crippen molar-refractivity contribution >= 4 is 27.5 Å². The topological polar surface area (TPSA) is 95.5 Å². The summed E-state index contributed by atoms with van der Waals surface area (Å²) in [6.45, 7) is 0.236. The maximum Gasteiger partial charge on any atom is 0.277 e. The van der Waals surface area contributed by atoms with Gasteiger partial charge in [0.05, 0.1) is 16.9 Å². The van der Waals surface area contributed by atoms with Gasteiger partial charge in [-0.3, -0.25) is 14.9 Å². The lowest BCUT2D eigenvalue weighted by atomic mass is 10.1. The number of carbonyl (C=O) groups excluding carboxylic acids is 1. The first-order chi connectivity index (χ1) is 10.5. The third kappa shape index (κ3) is 4.05. The van der Waals surface area contributed by atoms with Crippen LogP contribution >= 0.6 is 15.9 Å². The molecule has 2 rings (SSSR count). The van der Waals surface area contributed by atoms with Gasteiger partial charge in [-0.15, -0.1) is 0 Å². The number of nitrogens with two attached hydrogens (primary N) is 1. The zero-order valence-corrected chi connectivity index (χ0v) is 13.1. The van der Waals surface area contributed by atoms with Crippen LogP contribution in [0.4, 0.5) is 5.69 Å². The normalized spacial score (nSPS) is 10.2. The van der Waals surface area contributed by atoms with Gasteiger partial charge in [0, 0.05) is 10.5 Å². The van der Waals surface area contributed by atoms with Gasteiger partial charge in [0.15, 0.2) is 0 Å². The summed E-state index contributed by atoms with van der Waals surface area (Å²) < 4.78 is 6.15. The highest BCUT2D eigenvalue weighted by molar-refractivity contribution is 9.10. The lowest BCUT2D eigenvalue weighted by Gasteiger charge is -2.12. The van der Waals surface area contributed by atoms with Crippen molar-refractivity contribution in [3.8, 4) is 5.75 Å². The lowest BCUT2D eigenvalue weighted by Crippen LogP contribution is -2.16. The Morgan fingerprint density at radius 2 is 1.95 bits per heavy atom. The van der Waals surface area contributed by atoms with Crippen LogP contribution in [-0.4, -0.2) is 10.8 Å². The Kier molecular flexibility index (Phi) is 5.11. The van der Waals surface area contributed by atoms with E-state index >= 15 is 0 Å². The number of rotatable bonds is 6. The van der Waals surface area contributed by atoms with Gasteiger partial charge < -0.3 is 10.5 Å². The molecule has 0 aliphatic carbocycles. The molecule has 0 fully saturated rings. The van der Waals surface area contributed by atoms with Crippen molar-refractivity contribution in [3.63, 3.8) is 0 Å². The van der Waals surface area contributed by atoms with Gasteiger partial charge in [0.1, 0.15) is 12.4 Å². The number of halogens is 1. The fourth-order valence-electron chi connectivity index (χ4n) is 1.98. The number of benzene rings is 2. The molecule has 2 N–H and O–H groups in total. The maximum absolute atomic E-state index is 11.2. The summed E-state index contributed by atoms with van der Waals surface area (Å²) in [6, 6.07) is 12.3. The van der Waals surface area contributed by atoms with Crippen molar-refractivity contribution < 1.29 is 14.5 Å². The fraction of sp³-hybridized carbons (Fsp3) is 0.133. The second-order valence-electron chi connectivity index (χ2n) is 4.58. The van der Waals surface area contributed by atoms with Crippen molar-refractivity contribution in [2.24, 2.45) is 5.73 Å². The largest absolute Gasteiger partial charge is 0.488 e. The van der Waals surface area contributed by atoms with E-state index in [2.05, 4.69) is 15.9 Å². The van der Waals surface area contributed by atoms with E-state index in [1.165, 1.54) is 6.07 Å². The van der Waals surface area contributed by atoms with E-state index in [0.717, 1.165) is 5.56 Å². The first-order valence-electron chi connectivity index (χ1n) is 6.39. The van der Waals surface area contributed by atoms with Crippen LogP contribution in [0.5, 0.6) is 5.75 Å². The summed E-state index contributed by atoms with van der Waals surface area (Å²) in [5.41, 5.74) is 6.07. The Morgan fingerprint density at radius 1 is 1.27 bits per heavy atom. The van der Waals surface area contributed by atoms with E-state index in [1.807, 2.05) is 30.3 Å². The van der Waals surface area contributed by atoms with Crippen LogP contribution in [0.25, 0.3) is 0 Å². The van der Waals surface area contributed by atoms with E-state index in [9.17, 15) is 14.9 Å². The van der Waals surface area contributed by atoms with E-state index in [1.54, 1.807) is 6.07 Å². The van der Waals surface area contributed by atoms with Gasteiger partial charge in [-0.1, -0.05) is 46.3 Å². The molecule has 0 radical (unpaired) electrons. The minimum Gasteiger partial charge on any atom is -0.488 e. The van der Waals surface area contributed by atoms with E-state index < -0.39 is 10.8 Å². The van der Waals surface area contributed by atoms with Crippen molar-refractivity contribution in [3.05, 3.63) is 68.2 Å². The number of carbonyl (C=O) groups is 1. The first-order valence-corrected chi connectivity index (χ1v) is 7.18. The van der Waals surface area contributed by atoms with Crippen LogP contribution in [0, 0.1) is 10.1 Å². The number of nitrogens with zero attached hydrogens (tertiary/aromatic N) is 1. The standard InChI is InChI=1S/C15H13BrN2O4/c16-11-6-13(18(20)21)12(8-15(17)19)14(7-11)22-9-10-4-2-1-3-5-10/h1-7H,8-9H2,(H2,17,19). The van der Waals surface area contributed by atoms with Crippen LogP contribution in [0.15, 0.2) is 46.9 Å². The molecule has 0 spiro atoms. The summed E-state index contributed by atoms with van der Waals surface area (Å²) in [5.74, 6) is -0.390. The molecule has 0 atom stereocenters. The first kappa shape index (κ1) is 16.0. The second-order valence-corrected chi connectivity index (χ2v) is 5.49. The maximum atomic E-state index is 11.2. The molecule has 0 heterocycles. The van der Waals surface area contributed by atoms with Crippen LogP contribution in [-0.2, 0) is 17.8 Å². The molecule has 6 nitrogen and oxygen atoms in total. The highest BCUT2D eigenvalue weighted by Crippen LogP contribution is 2.33. The zero-order chi connectivity index (χ0) is 16.1. The molecule has 0 aromatic heterocycles. The Bertz CT molecular complexity index is 704. The summed E-state index contributed by atoms with van der Waals surface area (Å²) >= 11 is 3.21. The summed E-state index contributed by atoms with van der Waals surface area (Å²) in [6.07, 6.45) is -0.256. The van der Waals surface area contributed by atoms with Gasteiger partial charge >= 0.3 is 0 Å². The number of nitro benzene ring substituents is 1. The molecule has 1 amide bonds. The monoisotopic (exact) mass is 364 g/mol. The van der Waals surface area contributed by atoms with E-state index in [4.69, 9.17) is 10.5 Å².